The van der Waals surface area contributed by atoms with Crippen LogP contribution >= 0.6 is 35.2 Å². The van der Waals surface area contributed by atoms with Gasteiger partial charge in [-0.25, -0.2) is 4.79 Å². The fourth-order valence-electron chi connectivity index (χ4n) is 3.50. The number of benzene rings is 3. The summed E-state index contributed by atoms with van der Waals surface area (Å²) in [6.45, 7) is 1.97. The van der Waals surface area contributed by atoms with Crippen LogP contribution in [0.4, 0.5) is 16.4 Å². The van der Waals surface area contributed by atoms with Crippen molar-refractivity contribution >= 4 is 62.6 Å². The maximum atomic E-state index is 12.6. The smallest absolute Gasteiger partial charge is 0.341 e. The van der Waals surface area contributed by atoms with Crippen LogP contribution in [0.3, 0.4) is 0 Å². The zero-order valence-corrected chi connectivity index (χ0v) is 22.5. The molecule has 0 unspecified atom stereocenters. The molecule has 0 bridgehead atoms. The fraction of sp³-hybridized carbons (Fsp3) is 0.111. The molecule has 0 radical (unpaired) electrons. The van der Waals surface area contributed by atoms with Crippen molar-refractivity contribution in [1.29, 1.82) is 0 Å². The lowest BCUT2D eigenvalue weighted by atomic mass is 10.1. The highest BCUT2D eigenvalue weighted by molar-refractivity contribution is 7.80. The van der Waals surface area contributed by atoms with E-state index in [1.165, 1.54) is 23.5 Å². The number of nitro benzene ring substituents is 1. The van der Waals surface area contributed by atoms with E-state index in [4.69, 9.17) is 33.3 Å². The zero-order valence-electron chi connectivity index (χ0n) is 20.1. The number of non-ortho nitro benzene ring substituents is 1. The number of esters is 1. The molecule has 4 rings (SSSR count). The Labute approximate surface area is 233 Å². The maximum Gasteiger partial charge on any atom is 0.341 e. The summed E-state index contributed by atoms with van der Waals surface area (Å²) in [7, 11) is 0. The van der Waals surface area contributed by atoms with Crippen molar-refractivity contribution in [2.45, 2.75) is 13.3 Å². The minimum absolute atomic E-state index is 0.140. The number of nitro groups is 1. The lowest BCUT2D eigenvalue weighted by Crippen LogP contribution is -2.20. The predicted molar refractivity (Wildman–Crippen MR) is 154 cm³/mol. The third-order valence-corrected chi connectivity index (χ3v) is 6.64. The minimum Gasteiger partial charge on any atom is -0.462 e. The van der Waals surface area contributed by atoms with Crippen LogP contribution in [0.25, 0.3) is 0 Å². The molecule has 0 aliphatic heterocycles. The second-order valence-corrected chi connectivity index (χ2v) is 9.93. The molecular formula is C27H22ClN3O5S2. The van der Waals surface area contributed by atoms with Crippen LogP contribution in [0.15, 0.2) is 78.9 Å². The largest absolute Gasteiger partial charge is 0.462 e. The third kappa shape index (κ3) is 7.28. The number of thiocarbonyl (C=S) groups is 1. The van der Waals surface area contributed by atoms with E-state index in [2.05, 4.69) is 10.6 Å². The van der Waals surface area contributed by atoms with E-state index in [0.29, 0.717) is 33.4 Å². The van der Waals surface area contributed by atoms with Gasteiger partial charge in [0, 0.05) is 28.5 Å². The second-order valence-electron chi connectivity index (χ2n) is 7.95. The molecule has 4 aromatic rings. The monoisotopic (exact) mass is 567 g/mol. The molecule has 194 valence electrons. The number of anilines is 2. The van der Waals surface area contributed by atoms with Gasteiger partial charge in [-0.15, -0.1) is 11.3 Å². The topological polar surface area (TPSA) is 103 Å². The normalized spacial score (nSPS) is 10.5. The van der Waals surface area contributed by atoms with Gasteiger partial charge in [0.2, 0.25) is 0 Å². The first kappa shape index (κ1) is 27.1. The van der Waals surface area contributed by atoms with E-state index in [0.717, 1.165) is 10.4 Å². The van der Waals surface area contributed by atoms with Crippen molar-refractivity contribution < 1.29 is 19.2 Å². The lowest BCUT2D eigenvalue weighted by Gasteiger charge is -2.12. The minimum atomic E-state index is -0.523. The number of thiophene rings is 1. The molecule has 38 heavy (non-hydrogen) atoms. The first-order valence-electron chi connectivity index (χ1n) is 11.5. The van der Waals surface area contributed by atoms with E-state index in [9.17, 15) is 14.9 Å². The number of nitrogens with one attached hydrogen (secondary N) is 2. The van der Waals surface area contributed by atoms with Crippen molar-refractivity contribution in [2.75, 3.05) is 17.2 Å². The van der Waals surface area contributed by atoms with Crippen molar-refractivity contribution in [3.05, 3.63) is 110 Å². The summed E-state index contributed by atoms with van der Waals surface area (Å²) in [5, 5.41) is 18.7. The molecule has 0 atom stereocenters. The van der Waals surface area contributed by atoms with Gasteiger partial charge < -0.3 is 20.1 Å². The van der Waals surface area contributed by atoms with Gasteiger partial charge >= 0.3 is 5.97 Å². The van der Waals surface area contributed by atoms with Gasteiger partial charge in [0.25, 0.3) is 5.69 Å². The van der Waals surface area contributed by atoms with Crippen molar-refractivity contribution in [3.8, 4) is 11.5 Å². The number of halogens is 1. The standard InChI is InChI=1S/C27H22ClN3O5S2/c1-2-35-26(32)24-16-23(12-17-6-4-3-5-7-17)38-25(24)30-27(37)29-19-13-20(31(33)34)15-22(14-19)36-21-10-8-18(28)9-11-21/h3-11,13-16H,2,12H2,1H3,(H2,29,30,37). The quantitative estimate of drug-likeness (QED) is 0.0918. The Morgan fingerprint density at radius 1 is 1.03 bits per heavy atom. The van der Waals surface area contributed by atoms with Crippen LogP contribution in [0.1, 0.15) is 27.7 Å². The highest BCUT2D eigenvalue weighted by Crippen LogP contribution is 2.33. The molecule has 0 fully saturated rings. The Morgan fingerprint density at radius 2 is 1.76 bits per heavy atom. The van der Waals surface area contributed by atoms with E-state index < -0.39 is 10.9 Å². The van der Waals surface area contributed by atoms with Gasteiger partial charge in [-0.1, -0.05) is 41.9 Å². The summed E-state index contributed by atoms with van der Waals surface area (Å²) in [6.07, 6.45) is 0.635. The van der Waals surface area contributed by atoms with Crippen LogP contribution < -0.4 is 15.4 Å². The van der Waals surface area contributed by atoms with Crippen LogP contribution in [-0.4, -0.2) is 22.6 Å². The van der Waals surface area contributed by atoms with E-state index in [1.54, 1.807) is 43.3 Å². The summed E-state index contributed by atoms with van der Waals surface area (Å²) < 4.78 is 11.0. The molecule has 8 nitrogen and oxygen atoms in total. The molecule has 0 spiro atoms. The molecule has 0 aliphatic rings. The van der Waals surface area contributed by atoms with Crippen LogP contribution in [0.5, 0.6) is 11.5 Å². The van der Waals surface area contributed by atoms with Crippen molar-refractivity contribution in [3.63, 3.8) is 0 Å². The number of hydrogen-bond acceptors (Lipinski definition) is 7. The molecule has 1 heterocycles. The molecule has 11 heteroatoms. The molecular weight excluding hydrogens is 546 g/mol. The first-order valence-corrected chi connectivity index (χ1v) is 13.1. The van der Waals surface area contributed by atoms with E-state index in [1.807, 2.05) is 30.3 Å². The molecule has 0 saturated carbocycles. The van der Waals surface area contributed by atoms with Gasteiger partial charge in [-0.2, -0.15) is 0 Å². The maximum absolute atomic E-state index is 12.6. The van der Waals surface area contributed by atoms with Crippen molar-refractivity contribution in [2.24, 2.45) is 0 Å². The summed E-state index contributed by atoms with van der Waals surface area (Å²) in [5.41, 5.74) is 1.61. The van der Waals surface area contributed by atoms with Crippen LogP contribution in [-0.2, 0) is 11.2 Å². The number of carbonyl (C=O) groups excluding carboxylic acids is 1. The SMILES string of the molecule is CCOC(=O)c1cc(Cc2ccccc2)sc1NC(=S)Nc1cc(Oc2ccc(Cl)cc2)cc([N+](=O)[O-])c1. The van der Waals surface area contributed by atoms with E-state index in [-0.39, 0.29) is 23.2 Å². The fourth-order valence-corrected chi connectivity index (χ4v) is 5.00. The van der Waals surface area contributed by atoms with Crippen molar-refractivity contribution in [1.82, 2.24) is 0 Å². The molecule has 1 aromatic heterocycles. The number of carbonyl (C=O) groups is 1. The summed E-state index contributed by atoms with van der Waals surface area (Å²) >= 11 is 12.8. The van der Waals surface area contributed by atoms with Gasteiger partial charge in [0.05, 0.1) is 28.8 Å². The Morgan fingerprint density at radius 3 is 2.45 bits per heavy atom. The highest BCUT2D eigenvalue weighted by Gasteiger charge is 2.19. The Kier molecular flexibility index (Phi) is 8.90. The molecule has 0 aliphatic carbocycles. The van der Waals surface area contributed by atoms with Crippen LogP contribution in [0.2, 0.25) is 5.02 Å². The summed E-state index contributed by atoms with van der Waals surface area (Å²) in [6, 6.07) is 22.5. The molecule has 0 amide bonds. The Bertz CT molecular complexity index is 1460. The Balaban J connectivity index is 1.54. The average Bonchev–Trinajstić information content (AvgIpc) is 3.27. The number of rotatable bonds is 9. The molecule has 3 aromatic carbocycles. The second kappa shape index (κ2) is 12.5. The Hall–Kier alpha value is -3.99. The lowest BCUT2D eigenvalue weighted by molar-refractivity contribution is -0.384. The van der Waals surface area contributed by atoms with Gasteiger partial charge in [0.15, 0.2) is 5.11 Å². The molecule has 2 N–H and O–H groups in total. The number of ether oxygens (including phenoxy) is 2. The average molecular weight is 568 g/mol. The first-order chi connectivity index (χ1) is 18.3. The van der Waals surface area contributed by atoms with Gasteiger partial charge in [0.1, 0.15) is 16.5 Å². The van der Waals surface area contributed by atoms with E-state index >= 15 is 0 Å². The summed E-state index contributed by atoms with van der Waals surface area (Å²) in [4.78, 5) is 24.6. The van der Waals surface area contributed by atoms with Gasteiger partial charge in [-0.05, 0) is 55.0 Å². The predicted octanol–water partition coefficient (Wildman–Crippen LogP) is 7.68. The van der Waals surface area contributed by atoms with Crippen LogP contribution in [0, 0.1) is 10.1 Å². The van der Waals surface area contributed by atoms with Gasteiger partial charge in [-0.3, -0.25) is 10.1 Å². The summed E-state index contributed by atoms with van der Waals surface area (Å²) in [5.74, 6) is 0.229. The highest BCUT2D eigenvalue weighted by atomic mass is 35.5. The third-order valence-electron chi connectivity index (χ3n) is 5.14. The number of nitrogens with zero attached hydrogens (tertiary/aromatic N) is 1. The number of hydrogen-bond donors (Lipinski definition) is 2. The zero-order chi connectivity index (χ0) is 27.1. The molecule has 0 saturated heterocycles.